The second-order valence-corrected chi connectivity index (χ2v) is 8.58. The molecule has 2 aromatic rings. The number of likely N-dealkylation sites (N-methyl/N-ethyl adjacent to an activating group) is 1. The Morgan fingerprint density at radius 3 is 2.76 bits per heavy atom. The van der Waals surface area contributed by atoms with Crippen LogP contribution in [0.4, 0.5) is 0 Å². The van der Waals surface area contributed by atoms with Crippen LogP contribution in [0.3, 0.4) is 0 Å². The molecule has 1 aromatic heterocycles. The van der Waals surface area contributed by atoms with Crippen molar-refractivity contribution in [3.63, 3.8) is 0 Å². The van der Waals surface area contributed by atoms with Gasteiger partial charge in [0.15, 0.2) is 0 Å². The maximum Gasteiger partial charge on any atom is 0.259 e. The summed E-state index contributed by atoms with van der Waals surface area (Å²) in [7, 11) is 3.31. The minimum atomic E-state index is -0.390. The van der Waals surface area contributed by atoms with E-state index in [0.717, 1.165) is 5.56 Å². The van der Waals surface area contributed by atoms with Gasteiger partial charge in [-0.15, -0.1) is 0 Å². The molecule has 34 heavy (non-hydrogen) atoms. The van der Waals surface area contributed by atoms with E-state index in [4.69, 9.17) is 9.47 Å². The summed E-state index contributed by atoms with van der Waals surface area (Å²) in [5.74, 6) is 6.56. The number of aliphatic hydroxyl groups excluding tert-OH is 1. The topological polar surface area (TPSA) is 92.2 Å². The van der Waals surface area contributed by atoms with Gasteiger partial charge < -0.3 is 24.4 Å². The standard InChI is InChI=1S/C26H31N3O5/c1-17-14-29(18(2)16-30)26(32)23-12-21(10-9-20-7-6-8-22(11-20)33-5)13-27-25(23)34-24(17)15-28(4)19(3)31/h6-8,11-13,17-18,24,30H,14-16H2,1-5H3/t17-,18+,24-/m0/s1. The van der Waals surface area contributed by atoms with Crippen molar-refractivity contribution in [2.24, 2.45) is 5.92 Å². The molecule has 8 heteroatoms. The van der Waals surface area contributed by atoms with Gasteiger partial charge >= 0.3 is 0 Å². The summed E-state index contributed by atoms with van der Waals surface area (Å²) < 4.78 is 11.4. The maximum atomic E-state index is 13.4. The zero-order valence-electron chi connectivity index (χ0n) is 20.2. The van der Waals surface area contributed by atoms with Crippen LogP contribution < -0.4 is 9.47 Å². The average molecular weight is 466 g/mol. The van der Waals surface area contributed by atoms with Crippen molar-refractivity contribution in [2.45, 2.75) is 32.9 Å². The van der Waals surface area contributed by atoms with Crippen LogP contribution in [0.1, 0.15) is 42.3 Å². The number of hydrogen-bond donors (Lipinski definition) is 1. The zero-order chi connectivity index (χ0) is 24.8. The molecule has 180 valence electrons. The molecule has 0 unspecified atom stereocenters. The first-order chi connectivity index (χ1) is 16.2. The van der Waals surface area contributed by atoms with Gasteiger partial charge in [0.25, 0.3) is 5.91 Å². The average Bonchev–Trinajstić information content (AvgIpc) is 2.84. The monoisotopic (exact) mass is 465 g/mol. The molecule has 8 nitrogen and oxygen atoms in total. The highest BCUT2D eigenvalue weighted by Crippen LogP contribution is 2.27. The first-order valence-corrected chi connectivity index (χ1v) is 11.2. The molecule has 0 bridgehead atoms. The number of rotatable bonds is 5. The van der Waals surface area contributed by atoms with Crippen molar-refractivity contribution < 1.29 is 24.2 Å². The molecule has 1 aliphatic rings. The molecule has 1 aromatic carbocycles. The van der Waals surface area contributed by atoms with E-state index in [1.165, 1.54) is 6.92 Å². The van der Waals surface area contributed by atoms with Crippen LogP contribution in [0.5, 0.6) is 11.6 Å². The van der Waals surface area contributed by atoms with Crippen LogP contribution >= 0.6 is 0 Å². The Hall–Kier alpha value is -3.57. The molecule has 0 saturated heterocycles. The number of methoxy groups -OCH3 is 1. The summed E-state index contributed by atoms with van der Waals surface area (Å²) in [4.78, 5) is 32.9. The van der Waals surface area contributed by atoms with Gasteiger partial charge in [0.1, 0.15) is 17.4 Å². The summed E-state index contributed by atoms with van der Waals surface area (Å²) in [6.45, 7) is 5.80. The number of fused-ring (bicyclic) bond motifs is 1. The lowest BCUT2D eigenvalue weighted by molar-refractivity contribution is -0.129. The lowest BCUT2D eigenvalue weighted by atomic mass is 10.00. The third-order valence-corrected chi connectivity index (χ3v) is 5.93. The molecule has 1 aliphatic heterocycles. The van der Waals surface area contributed by atoms with Crippen molar-refractivity contribution >= 4 is 11.8 Å². The predicted molar refractivity (Wildman–Crippen MR) is 128 cm³/mol. The van der Waals surface area contributed by atoms with Gasteiger partial charge in [0.05, 0.1) is 26.3 Å². The quantitative estimate of drug-likeness (QED) is 0.681. The summed E-state index contributed by atoms with van der Waals surface area (Å²) in [5.41, 5.74) is 1.60. The molecule has 3 rings (SSSR count). The number of carbonyl (C=O) groups is 2. The number of carbonyl (C=O) groups excluding carboxylic acids is 2. The Kier molecular flexibility index (Phi) is 8.13. The van der Waals surface area contributed by atoms with Gasteiger partial charge in [0, 0.05) is 43.8 Å². The van der Waals surface area contributed by atoms with Crippen molar-refractivity contribution in [1.82, 2.24) is 14.8 Å². The first-order valence-electron chi connectivity index (χ1n) is 11.2. The molecule has 0 spiro atoms. The van der Waals surface area contributed by atoms with Crippen LogP contribution in [-0.2, 0) is 4.79 Å². The second kappa shape index (κ2) is 11.0. The predicted octanol–water partition coefficient (Wildman–Crippen LogP) is 2.19. The number of nitrogens with zero attached hydrogens (tertiary/aromatic N) is 3. The van der Waals surface area contributed by atoms with E-state index in [9.17, 15) is 14.7 Å². The van der Waals surface area contributed by atoms with E-state index in [0.29, 0.717) is 24.4 Å². The highest BCUT2D eigenvalue weighted by atomic mass is 16.5. The number of ether oxygens (including phenoxy) is 2. The summed E-state index contributed by atoms with van der Waals surface area (Å²) in [6, 6.07) is 8.66. The van der Waals surface area contributed by atoms with Gasteiger partial charge in [0.2, 0.25) is 11.8 Å². The fourth-order valence-electron chi connectivity index (χ4n) is 3.63. The normalized spacial score (nSPS) is 18.4. The third-order valence-electron chi connectivity index (χ3n) is 5.93. The fraction of sp³-hybridized carbons (Fsp3) is 0.423. The Labute approximate surface area is 200 Å². The Balaban J connectivity index is 2.00. The third kappa shape index (κ3) is 5.86. The lowest BCUT2D eigenvalue weighted by Gasteiger charge is -2.37. The van der Waals surface area contributed by atoms with Crippen molar-refractivity contribution in [3.8, 4) is 23.5 Å². The van der Waals surface area contributed by atoms with E-state index in [-0.39, 0.29) is 41.9 Å². The molecule has 0 radical (unpaired) electrons. The van der Waals surface area contributed by atoms with Gasteiger partial charge in [-0.25, -0.2) is 4.98 Å². The van der Waals surface area contributed by atoms with Crippen LogP contribution in [-0.4, -0.2) is 77.7 Å². The van der Waals surface area contributed by atoms with Crippen molar-refractivity contribution in [3.05, 3.63) is 53.2 Å². The molecular formula is C26H31N3O5. The minimum absolute atomic E-state index is 0.0779. The zero-order valence-corrected chi connectivity index (χ0v) is 20.2. The minimum Gasteiger partial charge on any atom is -0.497 e. The number of hydrogen-bond acceptors (Lipinski definition) is 6. The van der Waals surface area contributed by atoms with Crippen molar-refractivity contribution in [1.29, 1.82) is 0 Å². The van der Waals surface area contributed by atoms with E-state index in [1.807, 2.05) is 31.2 Å². The lowest BCUT2D eigenvalue weighted by Crippen LogP contribution is -2.50. The molecule has 0 fully saturated rings. The number of amides is 2. The molecule has 1 N–H and O–H groups in total. The molecule has 0 aliphatic carbocycles. The molecule has 2 amide bonds. The number of aliphatic hydroxyl groups is 1. The molecule has 2 heterocycles. The summed E-state index contributed by atoms with van der Waals surface area (Å²) >= 11 is 0. The highest BCUT2D eigenvalue weighted by molar-refractivity contribution is 5.97. The van der Waals surface area contributed by atoms with E-state index in [1.54, 1.807) is 43.1 Å². The number of benzene rings is 1. The Morgan fingerprint density at radius 1 is 1.35 bits per heavy atom. The highest BCUT2D eigenvalue weighted by Gasteiger charge is 2.34. The van der Waals surface area contributed by atoms with Crippen LogP contribution in [0.25, 0.3) is 0 Å². The van der Waals surface area contributed by atoms with E-state index in [2.05, 4.69) is 16.8 Å². The van der Waals surface area contributed by atoms with Crippen LogP contribution in [0.15, 0.2) is 36.5 Å². The van der Waals surface area contributed by atoms with E-state index >= 15 is 0 Å². The fourth-order valence-corrected chi connectivity index (χ4v) is 3.63. The summed E-state index contributed by atoms with van der Waals surface area (Å²) in [6.07, 6.45) is 1.19. The number of pyridine rings is 1. The summed E-state index contributed by atoms with van der Waals surface area (Å²) in [5, 5.41) is 9.77. The van der Waals surface area contributed by atoms with Gasteiger partial charge in [-0.1, -0.05) is 24.8 Å². The Bertz CT molecular complexity index is 1110. The van der Waals surface area contributed by atoms with Gasteiger partial charge in [-0.05, 0) is 31.2 Å². The molecule has 3 atom stereocenters. The Morgan fingerprint density at radius 2 is 2.09 bits per heavy atom. The maximum absolute atomic E-state index is 13.4. The van der Waals surface area contributed by atoms with Crippen LogP contribution in [0.2, 0.25) is 0 Å². The second-order valence-electron chi connectivity index (χ2n) is 8.58. The smallest absolute Gasteiger partial charge is 0.259 e. The van der Waals surface area contributed by atoms with Crippen LogP contribution in [0, 0.1) is 17.8 Å². The molecular weight excluding hydrogens is 434 g/mol. The first kappa shape index (κ1) is 25.1. The van der Waals surface area contributed by atoms with Crippen molar-refractivity contribution in [2.75, 3.05) is 33.9 Å². The number of aromatic nitrogens is 1. The largest absolute Gasteiger partial charge is 0.497 e. The SMILES string of the molecule is COc1cccc(C#Cc2cnc3c(c2)C(=O)N([C@H](C)CO)C[C@H](C)[C@H](CN(C)C(C)=O)O3)c1. The molecule has 0 saturated carbocycles. The van der Waals surface area contributed by atoms with E-state index < -0.39 is 6.04 Å². The van der Waals surface area contributed by atoms with Gasteiger partial charge in [-0.2, -0.15) is 0 Å². The van der Waals surface area contributed by atoms with Gasteiger partial charge in [-0.3, -0.25) is 9.59 Å².